The van der Waals surface area contributed by atoms with Crippen LogP contribution in [0.3, 0.4) is 0 Å². The van der Waals surface area contributed by atoms with Crippen LogP contribution in [0.25, 0.3) is 0 Å². The van der Waals surface area contributed by atoms with E-state index >= 15 is 0 Å². The average Bonchev–Trinajstić information content (AvgIpc) is 2.54. The molecule has 1 aliphatic rings. The molecule has 1 aliphatic heterocycles. The first-order valence-corrected chi connectivity index (χ1v) is 7.16. The second kappa shape index (κ2) is 5.58. The summed E-state index contributed by atoms with van der Waals surface area (Å²) in [6, 6.07) is -0.615. The molecule has 0 aromatic rings. The summed E-state index contributed by atoms with van der Waals surface area (Å²) in [5, 5.41) is 21.9. The number of rotatable bonds is 3. The number of hydrogen-bond donors (Lipinski definition) is 3. The lowest BCUT2D eigenvalue weighted by atomic mass is 9.94. The quantitative estimate of drug-likeness (QED) is 0.723. The van der Waals surface area contributed by atoms with Gasteiger partial charge in [0.25, 0.3) is 0 Å². The van der Waals surface area contributed by atoms with Gasteiger partial charge in [0.15, 0.2) is 0 Å². The van der Waals surface area contributed by atoms with E-state index in [0.29, 0.717) is 12.2 Å². The van der Waals surface area contributed by atoms with E-state index in [2.05, 4.69) is 5.32 Å². The number of ether oxygens (including phenoxy) is 1. The van der Waals surface area contributed by atoms with Gasteiger partial charge < -0.3 is 20.3 Å². The van der Waals surface area contributed by atoms with Gasteiger partial charge in [-0.2, -0.15) is 0 Å². The van der Waals surface area contributed by atoms with Crippen LogP contribution >= 0.6 is 11.8 Å². The molecule has 6 nitrogen and oxygen atoms in total. The number of carbonyl (C=O) groups excluding carboxylic acids is 1. The molecule has 1 rings (SSSR count). The maximum Gasteiger partial charge on any atom is 0.407 e. The molecule has 0 saturated carbocycles. The third-order valence-electron chi connectivity index (χ3n) is 2.97. The fourth-order valence-corrected chi connectivity index (χ4v) is 3.38. The minimum Gasteiger partial charge on any atom is -0.480 e. The van der Waals surface area contributed by atoms with Crippen LogP contribution in [-0.4, -0.2) is 50.5 Å². The molecule has 0 aromatic carbocycles. The molecule has 0 aromatic heterocycles. The Hall–Kier alpha value is -0.950. The standard InChI is InChI=1S/C12H21NO5S/c1-5-12(9(15)16)8(14)7(6-19-12)13-10(17)18-11(2,3)4/h7-8,14H,5-6H2,1-4H3,(H,13,17)(H,15,16)/t7?,8?,12-/m1/s1. The Morgan fingerprint density at radius 3 is 2.42 bits per heavy atom. The highest BCUT2D eigenvalue weighted by molar-refractivity contribution is 8.01. The first kappa shape index (κ1) is 16.1. The highest BCUT2D eigenvalue weighted by atomic mass is 32.2. The summed E-state index contributed by atoms with van der Waals surface area (Å²) in [6.07, 6.45) is -1.48. The van der Waals surface area contributed by atoms with E-state index in [4.69, 9.17) is 4.74 Å². The molecule has 1 heterocycles. The smallest absolute Gasteiger partial charge is 0.407 e. The first-order valence-electron chi connectivity index (χ1n) is 6.17. The first-order chi connectivity index (χ1) is 8.62. The minimum atomic E-state index is -1.25. The molecule has 7 heteroatoms. The molecule has 3 N–H and O–H groups in total. The predicted octanol–water partition coefficient (Wildman–Crippen LogP) is 1.22. The molecule has 0 radical (unpaired) electrons. The fourth-order valence-electron chi connectivity index (χ4n) is 1.97. The molecule has 19 heavy (non-hydrogen) atoms. The number of carboxylic acids is 1. The van der Waals surface area contributed by atoms with Crippen molar-refractivity contribution in [2.75, 3.05) is 5.75 Å². The van der Waals surface area contributed by atoms with Crippen LogP contribution in [0.15, 0.2) is 0 Å². The van der Waals surface area contributed by atoms with Crippen molar-refractivity contribution in [3.05, 3.63) is 0 Å². The summed E-state index contributed by atoms with van der Waals surface area (Å²) in [5.74, 6) is -0.707. The van der Waals surface area contributed by atoms with Gasteiger partial charge >= 0.3 is 12.1 Å². The number of carbonyl (C=O) groups is 2. The summed E-state index contributed by atoms with van der Waals surface area (Å²) in [7, 11) is 0. The Labute approximate surface area is 116 Å². The summed E-state index contributed by atoms with van der Waals surface area (Å²) in [6.45, 7) is 6.92. The number of aliphatic hydroxyl groups excluding tert-OH is 1. The normalized spacial score (nSPS) is 31.0. The maximum atomic E-state index is 11.6. The second-order valence-electron chi connectivity index (χ2n) is 5.56. The Morgan fingerprint density at radius 2 is 2.05 bits per heavy atom. The molecule has 3 atom stereocenters. The molecular formula is C12H21NO5S. The Kier molecular flexibility index (Phi) is 4.73. The summed E-state index contributed by atoms with van der Waals surface area (Å²) in [4.78, 5) is 22.9. The van der Waals surface area contributed by atoms with Crippen LogP contribution in [0.4, 0.5) is 4.79 Å². The van der Waals surface area contributed by atoms with Crippen LogP contribution in [0, 0.1) is 0 Å². The van der Waals surface area contributed by atoms with Crippen LogP contribution < -0.4 is 5.32 Å². The van der Waals surface area contributed by atoms with Gasteiger partial charge in [0.2, 0.25) is 0 Å². The number of carboxylic acid groups (broad SMARTS) is 1. The van der Waals surface area contributed by atoms with Crippen molar-refractivity contribution in [3.8, 4) is 0 Å². The lowest BCUT2D eigenvalue weighted by molar-refractivity contribution is -0.143. The van der Waals surface area contributed by atoms with E-state index in [1.807, 2.05) is 0 Å². The number of aliphatic hydroxyl groups is 1. The zero-order chi connectivity index (χ0) is 14.8. The Bertz CT molecular complexity index is 368. The van der Waals surface area contributed by atoms with Gasteiger partial charge in [0.05, 0.1) is 6.04 Å². The van der Waals surface area contributed by atoms with Crippen molar-refractivity contribution < 1.29 is 24.5 Å². The minimum absolute atomic E-state index is 0.292. The number of aliphatic carboxylic acids is 1. The third-order valence-corrected chi connectivity index (χ3v) is 4.71. The highest BCUT2D eigenvalue weighted by Crippen LogP contribution is 2.41. The van der Waals surface area contributed by atoms with Gasteiger partial charge in [0, 0.05) is 5.75 Å². The van der Waals surface area contributed by atoms with Gasteiger partial charge in [-0.1, -0.05) is 6.92 Å². The van der Waals surface area contributed by atoms with Crippen molar-refractivity contribution in [2.24, 2.45) is 0 Å². The second-order valence-corrected chi connectivity index (χ2v) is 6.91. The fraction of sp³-hybridized carbons (Fsp3) is 0.833. The Morgan fingerprint density at radius 1 is 1.47 bits per heavy atom. The summed E-state index contributed by atoms with van der Waals surface area (Å²) >= 11 is 1.15. The molecule has 0 aliphatic carbocycles. The monoisotopic (exact) mass is 291 g/mol. The van der Waals surface area contributed by atoms with Crippen LogP contribution in [0.2, 0.25) is 0 Å². The molecule has 1 saturated heterocycles. The summed E-state index contributed by atoms with van der Waals surface area (Å²) in [5.41, 5.74) is -0.630. The number of hydrogen-bond acceptors (Lipinski definition) is 5. The number of thioether (sulfide) groups is 1. The van der Waals surface area contributed by atoms with Crippen molar-refractivity contribution >= 4 is 23.8 Å². The van der Waals surface area contributed by atoms with Gasteiger partial charge in [-0.15, -0.1) is 11.8 Å². The van der Waals surface area contributed by atoms with Crippen LogP contribution in [0.1, 0.15) is 34.1 Å². The molecular weight excluding hydrogens is 270 g/mol. The van der Waals surface area contributed by atoms with Crippen LogP contribution in [-0.2, 0) is 9.53 Å². The Balaban J connectivity index is 2.69. The van der Waals surface area contributed by atoms with E-state index in [0.717, 1.165) is 11.8 Å². The van der Waals surface area contributed by atoms with Gasteiger partial charge in [-0.3, -0.25) is 4.79 Å². The van der Waals surface area contributed by atoms with Crippen molar-refractivity contribution in [1.82, 2.24) is 5.32 Å². The van der Waals surface area contributed by atoms with Crippen LogP contribution in [0.5, 0.6) is 0 Å². The molecule has 110 valence electrons. The van der Waals surface area contributed by atoms with Crippen molar-refractivity contribution in [2.45, 2.75) is 56.6 Å². The number of amides is 1. The van der Waals surface area contributed by atoms with Gasteiger partial charge in [0.1, 0.15) is 16.5 Å². The zero-order valence-corrected chi connectivity index (χ0v) is 12.4. The number of nitrogens with one attached hydrogen (secondary N) is 1. The lowest BCUT2D eigenvalue weighted by Gasteiger charge is -2.28. The zero-order valence-electron chi connectivity index (χ0n) is 11.6. The molecule has 1 fully saturated rings. The maximum absolute atomic E-state index is 11.6. The van der Waals surface area contributed by atoms with Crippen molar-refractivity contribution in [3.63, 3.8) is 0 Å². The molecule has 2 unspecified atom stereocenters. The summed E-state index contributed by atoms with van der Waals surface area (Å²) < 4.78 is 3.84. The van der Waals surface area contributed by atoms with Crippen molar-refractivity contribution in [1.29, 1.82) is 0 Å². The average molecular weight is 291 g/mol. The largest absolute Gasteiger partial charge is 0.480 e. The van der Waals surface area contributed by atoms with E-state index < -0.39 is 34.6 Å². The van der Waals surface area contributed by atoms with E-state index in [-0.39, 0.29) is 0 Å². The van der Waals surface area contributed by atoms with Gasteiger partial charge in [-0.05, 0) is 27.2 Å². The lowest BCUT2D eigenvalue weighted by Crippen LogP contribution is -2.52. The van der Waals surface area contributed by atoms with E-state index in [1.165, 1.54) is 0 Å². The molecule has 0 spiro atoms. The number of alkyl carbamates (subject to hydrolysis) is 1. The van der Waals surface area contributed by atoms with Gasteiger partial charge in [-0.25, -0.2) is 4.79 Å². The SMILES string of the molecule is CC[C@@]1(C(=O)O)SCC(NC(=O)OC(C)(C)C)C1O. The topological polar surface area (TPSA) is 95.9 Å². The predicted molar refractivity (Wildman–Crippen MR) is 72.3 cm³/mol. The van der Waals surface area contributed by atoms with E-state index in [1.54, 1.807) is 27.7 Å². The van der Waals surface area contributed by atoms with E-state index in [9.17, 15) is 19.8 Å². The molecule has 0 bridgehead atoms. The molecule has 1 amide bonds. The highest BCUT2D eigenvalue weighted by Gasteiger charge is 2.53. The third kappa shape index (κ3) is 3.54.